The third-order valence-corrected chi connectivity index (χ3v) is 2.89. The first-order valence-electron chi connectivity index (χ1n) is 5.87. The minimum absolute atomic E-state index is 0.107. The minimum Gasteiger partial charge on any atom is -0.399 e. The molecule has 19 heavy (non-hydrogen) atoms. The third kappa shape index (κ3) is 2.57. The van der Waals surface area contributed by atoms with E-state index in [0.29, 0.717) is 12.2 Å². The van der Waals surface area contributed by atoms with Crippen LogP contribution in [-0.4, -0.2) is 9.13 Å². The maximum Gasteiger partial charge on any atom is 0.331 e. The van der Waals surface area contributed by atoms with E-state index in [2.05, 4.69) is 0 Å². The molecule has 0 aliphatic rings. The highest BCUT2D eigenvalue weighted by Crippen LogP contribution is 2.11. The fourth-order valence-electron chi connectivity index (χ4n) is 1.81. The summed E-state index contributed by atoms with van der Waals surface area (Å²) in [6, 6.07) is 5.46. The first-order valence-corrected chi connectivity index (χ1v) is 5.87. The molecule has 2 N–H and O–H groups in total. The van der Waals surface area contributed by atoms with Crippen LogP contribution in [0, 0.1) is 5.82 Å². The van der Waals surface area contributed by atoms with Crippen LogP contribution >= 0.6 is 0 Å². The van der Waals surface area contributed by atoms with E-state index >= 15 is 0 Å². The van der Waals surface area contributed by atoms with Crippen LogP contribution < -0.4 is 17.0 Å². The molecule has 5 nitrogen and oxygen atoms in total. The van der Waals surface area contributed by atoms with Gasteiger partial charge in [-0.2, -0.15) is 0 Å². The molecule has 2 aromatic rings. The standard InChI is InChI=1S/C13H14FN3O2/c1-2-16-6-5-12(18)17(13(16)19)8-9-3-4-10(15)7-11(9)14/h3-7H,2,8,15H2,1H3. The van der Waals surface area contributed by atoms with Crippen molar-refractivity contribution in [3.05, 3.63) is 62.7 Å². The predicted molar refractivity (Wildman–Crippen MR) is 70.6 cm³/mol. The first-order chi connectivity index (χ1) is 9.02. The van der Waals surface area contributed by atoms with Gasteiger partial charge < -0.3 is 10.3 Å². The van der Waals surface area contributed by atoms with Crippen molar-refractivity contribution in [3.8, 4) is 0 Å². The van der Waals surface area contributed by atoms with Gasteiger partial charge in [0.1, 0.15) is 5.82 Å². The van der Waals surface area contributed by atoms with Crippen molar-refractivity contribution in [1.82, 2.24) is 9.13 Å². The lowest BCUT2D eigenvalue weighted by atomic mass is 10.2. The fourth-order valence-corrected chi connectivity index (χ4v) is 1.81. The Morgan fingerprint density at radius 2 is 2.00 bits per heavy atom. The lowest BCUT2D eigenvalue weighted by Crippen LogP contribution is -2.39. The van der Waals surface area contributed by atoms with Gasteiger partial charge in [-0.25, -0.2) is 9.18 Å². The van der Waals surface area contributed by atoms with Crippen LogP contribution in [0.1, 0.15) is 12.5 Å². The minimum atomic E-state index is -0.529. The molecule has 0 saturated heterocycles. The van der Waals surface area contributed by atoms with Gasteiger partial charge in [-0.05, 0) is 19.1 Å². The maximum absolute atomic E-state index is 13.7. The first kappa shape index (κ1) is 13.1. The Bertz CT molecular complexity index is 719. The average Bonchev–Trinajstić information content (AvgIpc) is 2.37. The highest BCUT2D eigenvalue weighted by atomic mass is 19.1. The van der Waals surface area contributed by atoms with E-state index in [-0.39, 0.29) is 12.1 Å². The van der Waals surface area contributed by atoms with Crippen molar-refractivity contribution in [1.29, 1.82) is 0 Å². The second kappa shape index (κ2) is 5.09. The molecule has 0 aliphatic heterocycles. The average molecular weight is 263 g/mol. The van der Waals surface area contributed by atoms with Crippen LogP contribution in [0.4, 0.5) is 10.1 Å². The quantitative estimate of drug-likeness (QED) is 0.833. The molecular weight excluding hydrogens is 249 g/mol. The summed E-state index contributed by atoms with van der Waals surface area (Å²) in [6.45, 7) is 2.13. The summed E-state index contributed by atoms with van der Waals surface area (Å²) in [5, 5.41) is 0. The van der Waals surface area contributed by atoms with Crippen molar-refractivity contribution < 1.29 is 4.39 Å². The molecule has 1 aromatic heterocycles. The Morgan fingerprint density at radius 3 is 2.63 bits per heavy atom. The van der Waals surface area contributed by atoms with E-state index in [4.69, 9.17) is 5.73 Å². The zero-order valence-electron chi connectivity index (χ0n) is 10.5. The van der Waals surface area contributed by atoms with Gasteiger partial charge in [0, 0.05) is 30.1 Å². The van der Waals surface area contributed by atoms with Crippen molar-refractivity contribution in [2.24, 2.45) is 0 Å². The second-order valence-electron chi connectivity index (χ2n) is 4.16. The van der Waals surface area contributed by atoms with E-state index < -0.39 is 17.1 Å². The summed E-state index contributed by atoms with van der Waals surface area (Å²) < 4.78 is 16.1. The molecule has 0 aliphatic carbocycles. The lowest BCUT2D eigenvalue weighted by Gasteiger charge is -2.09. The van der Waals surface area contributed by atoms with E-state index in [1.54, 1.807) is 6.92 Å². The van der Waals surface area contributed by atoms with Crippen LogP contribution in [0.25, 0.3) is 0 Å². The lowest BCUT2D eigenvalue weighted by molar-refractivity contribution is 0.566. The Labute approximate surface area is 108 Å². The van der Waals surface area contributed by atoms with Crippen LogP contribution in [-0.2, 0) is 13.1 Å². The van der Waals surface area contributed by atoms with Crippen molar-refractivity contribution in [2.45, 2.75) is 20.0 Å². The van der Waals surface area contributed by atoms with Crippen LogP contribution in [0.3, 0.4) is 0 Å². The molecule has 0 fully saturated rings. The summed E-state index contributed by atoms with van der Waals surface area (Å²) in [5.41, 5.74) is 5.10. The SMILES string of the molecule is CCn1ccc(=O)n(Cc2ccc(N)cc2F)c1=O. The number of nitrogens with zero attached hydrogens (tertiary/aromatic N) is 2. The number of nitrogen functional groups attached to an aromatic ring is 1. The van der Waals surface area contributed by atoms with Crippen LogP contribution in [0.15, 0.2) is 40.1 Å². The molecule has 1 heterocycles. The van der Waals surface area contributed by atoms with E-state index in [9.17, 15) is 14.0 Å². The summed E-state index contributed by atoms with van der Waals surface area (Å²) in [6.07, 6.45) is 1.43. The van der Waals surface area contributed by atoms with Gasteiger partial charge in [-0.3, -0.25) is 9.36 Å². The molecule has 100 valence electrons. The van der Waals surface area contributed by atoms with Gasteiger partial charge in [-0.15, -0.1) is 0 Å². The number of anilines is 1. The van der Waals surface area contributed by atoms with E-state index in [1.807, 2.05) is 0 Å². The Balaban J connectivity index is 2.49. The van der Waals surface area contributed by atoms with Gasteiger partial charge in [0.2, 0.25) is 0 Å². The third-order valence-electron chi connectivity index (χ3n) is 2.89. The number of halogens is 1. The molecule has 0 atom stereocenters. The van der Waals surface area contributed by atoms with Crippen molar-refractivity contribution >= 4 is 5.69 Å². The number of rotatable bonds is 3. The largest absolute Gasteiger partial charge is 0.399 e. The van der Waals surface area contributed by atoms with Crippen LogP contribution in [0.5, 0.6) is 0 Å². The van der Waals surface area contributed by atoms with Crippen LogP contribution in [0.2, 0.25) is 0 Å². The molecule has 0 spiro atoms. The maximum atomic E-state index is 13.7. The number of aryl methyl sites for hydroxylation is 1. The van der Waals surface area contributed by atoms with Gasteiger partial charge in [0.25, 0.3) is 5.56 Å². The van der Waals surface area contributed by atoms with Crippen molar-refractivity contribution in [3.63, 3.8) is 0 Å². The van der Waals surface area contributed by atoms with Gasteiger partial charge in [0.05, 0.1) is 6.54 Å². The van der Waals surface area contributed by atoms with Crippen molar-refractivity contribution in [2.75, 3.05) is 5.73 Å². The van der Waals surface area contributed by atoms with Gasteiger partial charge in [0.15, 0.2) is 0 Å². The summed E-state index contributed by atoms with van der Waals surface area (Å²) in [4.78, 5) is 23.7. The number of benzene rings is 1. The highest BCUT2D eigenvalue weighted by Gasteiger charge is 2.08. The van der Waals surface area contributed by atoms with E-state index in [0.717, 1.165) is 4.57 Å². The van der Waals surface area contributed by atoms with E-state index in [1.165, 1.54) is 35.0 Å². The number of hydrogen-bond donors (Lipinski definition) is 1. The summed E-state index contributed by atoms with van der Waals surface area (Å²) in [5.74, 6) is -0.529. The Morgan fingerprint density at radius 1 is 1.26 bits per heavy atom. The molecule has 0 saturated carbocycles. The number of hydrogen-bond acceptors (Lipinski definition) is 3. The molecular formula is C13H14FN3O2. The number of nitrogens with two attached hydrogens (primary N) is 1. The zero-order valence-corrected chi connectivity index (χ0v) is 10.5. The molecule has 0 amide bonds. The van der Waals surface area contributed by atoms with Gasteiger partial charge in [-0.1, -0.05) is 6.07 Å². The topological polar surface area (TPSA) is 70.0 Å². The second-order valence-corrected chi connectivity index (χ2v) is 4.16. The Hall–Kier alpha value is -2.37. The summed E-state index contributed by atoms with van der Waals surface area (Å²) in [7, 11) is 0. The molecule has 6 heteroatoms. The molecule has 0 radical (unpaired) electrons. The smallest absolute Gasteiger partial charge is 0.331 e. The monoisotopic (exact) mass is 263 g/mol. The van der Waals surface area contributed by atoms with Gasteiger partial charge >= 0.3 is 5.69 Å². The molecule has 0 bridgehead atoms. The molecule has 2 rings (SSSR count). The Kier molecular flexibility index (Phi) is 3.50. The fraction of sp³-hybridized carbons (Fsp3) is 0.231. The zero-order chi connectivity index (χ0) is 14.0. The normalized spacial score (nSPS) is 10.6. The molecule has 1 aromatic carbocycles. The highest BCUT2D eigenvalue weighted by molar-refractivity contribution is 5.40. The molecule has 0 unspecified atom stereocenters. The number of aromatic nitrogens is 2. The predicted octanol–water partition coefficient (Wildman–Crippen LogP) is 0.800. The summed E-state index contributed by atoms with van der Waals surface area (Å²) >= 11 is 0.